The van der Waals surface area contributed by atoms with E-state index in [9.17, 15) is 14.0 Å². The Morgan fingerprint density at radius 3 is 2.92 bits per heavy atom. The summed E-state index contributed by atoms with van der Waals surface area (Å²) >= 11 is 4.24. The lowest BCUT2D eigenvalue weighted by atomic mass is 10.2. The molecular formula is C17H13ClFN3O3S. The quantitative estimate of drug-likeness (QED) is 0.634. The highest BCUT2D eigenvalue weighted by Crippen LogP contribution is 2.33. The standard InChI is InChI=1S/C17H13ClFN3O3S/c1-10-8-22(26(24)17-3-2-12(18)7-21-17)9-16(10)25-15-5-13(19)11(6-20)4-14(15)23/h2-5,7,16,23H,1,8-9H2/t16-,26?/m0/s1. The van der Waals surface area contributed by atoms with Crippen LogP contribution in [0.4, 0.5) is 4.39 Å². The first-order chi connectivity index (χ1) is 12.4. The Kier molecular flexibility index (Phi) is 5.34. The normalized spacial score (nSPS) is 18.5. The number of phenols is 1. The topological polar surface area (TPSA) is 92.4 Å². The summed E-state index contributed by atoms with van der Waals surface area (Å²) < 4.78 is 33.6. The van der Waals surface area contributed by atoms with Gasteiger partial charge in [0, 0.05) is 18.2 Å². The lowest BCUT2D eigenvalue weighted by molar-refractivity contribution is 0.231. The van der Waals surface area contributed by atoms with E-state index in [1.165, 1.54) is 6.20 Å². The molecule has 1 aromatic heterocycles. The van der Waals surface area contributed by atoms with Crippen LogP contribution in [0.2, 0.25) is 5.02 Å². The third kappa shape index (κ3) is 3.76. The van der Waals surface area contributed by atoms with Gasteiger partial charge in [-0.05, 0) is 11.6 Å². The van der Waals surface area contributed by atoms with E-state index in [2.05, 4.69) is 11.6 Å². The first-order valence-corrected chi connectivity index (χ1v) is 8.93. The fourth-order valence-electron chi connectivity index (χ4n) is 2.43. The van der Waals surface area contributed by atoms with E-state index in [1.54, 1.807) is 22.5 Å². The van der Waals surface area contributed by atoms with Crippen molar-refractivity contribution in [1.29, 1.82) is 5.26 Å². The van der Waals surface area contributed by atoms with Gasteiger partial charge in [-0.3, -0.25) is 0 Å². The van der Waals surface area contributed by atoms with Gasteiger partial charge in [0.15, 0.2) is 11.5 Å². The zero-order valence-electron chi connectivity index (χ0n) is 13.4. The van der Waals surface area contributed by atoms with Crippen LogP contribution in [-0.2, 0) is 11.4 Å². The number of rotatable bonds is 4. The fraction of sp³-hybridized carbons (Fsp3) is 0.176. The Hall–Kier alpha value is -2.31. The molecule has 1 aromatic carbocycles. The minimum atomic E-state index is -1.54. The summed E-state index contributed by atoms with van der Waals surface area (Å²) in [6.45, 7) is 4.40. The Morgan fingerprint density at radius 1 is 1.50 bits per heavy atom. The van der Waals surface area contributed by atoms with Gasteiger partial charge < -0.3 is 14.4 Å². The monoisotopic (exact) mass is 393 g/mol. The molecule has 1 N–H and O–H groups in total. The smallest absolute Gasteiger partial charge is 0.265 e. The van der Waals surface area contributed by atoms with Gasteiger partial charge in [0.1, 0.15) is 29.4 Å². The molecular weight excluding hydrogens is 381 g/mol. The number of hydrogen-bond acceptors (Lipinski definition) is 6. The number of phenolic OH excluding ortho intramolecular Hbond substituents is 1. The summed E-state index contributed by atoms with van der Waals surface area (Å²) in [7, 11) is 0. The molecule has 2 heterocycles. The van der Waals surface area contributed by atoms with E-state index in [-0.39, 0.29) is 23.6 Å². The van der Waals surface area contributed by atoms with Gasteiger partial charge in [-0.2, -0.15) is 5.26 Å². The summed E-state index contributed by atoms with van der Waals surface area (Å²) in [6, 6.07) is 6.74. The molecule has 0 amide bonds. The summed E-state index contributed by atoms with van der Waals surface area (Å²) in [4.78, 5) is 4.04. The summed E-state index contributed by atoms with van der Waals surface area (Å²) in [5, 5.41) is 19.5. The predicted octanol–water partition coefficient (Wildman–Crippen LogP) is 2.79. The first-order valence-electron chi connectivity index (χ1n) is 7.44. The second kappa shape index (κ2) is 7.51. The number of benzene rings is 1. The number of ether oxygens (including phenoxy) is 1. The van der Waals surface area contributed by atoms with E-state index in [0.29, 0.717) is 22.2 Å². The molecule has 1 fully saturated rings. The largest absolute Gasteiger partial charge is 0.591 e. The van der Waals surface area contributed by atoms with Gasteiger partial charge in [-0.1, -0.05) is 18.2 Å². The minimum Gasteiger partial charge on any atom is -0.591 e. The van der Waals surface area contributed by atoms with Crippen molar-refractivity contribution in [1.82, 2.24) is 9.29 Å². The Balaban J connectivity index is 1.73. The van der Waals surface area contributed by atoms with Crippen molar-refractivity contribution in [3.63, 3.8) is 0 Å². The highest BCUT2D eigenvalue weighted by Gasteiger charge is 2.37. The maximum atomic E-state index is 13.7. The van der Waals surface area contributed by atoms with Gasteiger partial charge in [0.05, 0.1) is 29.9 Å². The number of nitrogens with zero attached hydrogens (tertiary/aromatic N) is 3. The van der Waals surface area contributed by atoms with Crippen molar-refractivity contribution in [2.75, 3.05) is 13.1 Å². The molecule has 6 nitrogen and oxygen atoms in total. The van der Waals surface area contributed by atoms with Crippen LogP contribution in [0, 0.1) is 17.1 Å². The fourth-order valence-corrected chi connectivity index (χ4v) is 3.69. The lowest BCUT2D eigenvalue weighted by Gasteiger charge is -2.18. The molecule has 0 aliphatic carbocycles. The summed E-state index contributed by atoms with van der Waals surface area (Å²) in [5.41, 5.74) is 0.341. The van der Waals surface area contributed by atoms with Crippen LogP contribution in [0.3, 0.4) is 0 Å². The first kappa shape index (κ1) is 18.5. The van der Waals surface area contributed by atoms with Crippen molar-refractivity contribution < 1.29 is 18.8 Å². The molecule has 3 rings (SSSR count). The highest BCUT2D eigenvalue weighted by molar-refractivity contribution is 7.89. The zero-order valence-corrected chi connectivity index (χ0v) is 14.9. The van der Waals surface area contributed by atoms with Crippen LogP contribution in [-0.4, -0.2) is 38.1 Å². The van der Waals surface area contributed by atoms with Crippen LogP contribution in [0.15, 0.2) is 47.6 Å². The van der Waals surface area contributed by atoms with Crippen LogP contribution >= 0.6 is 11.6 Å². The molecule has 0 saturated carbocycles. The molecule has 1 saturated heterocycles. The SMILES string of the molecule is C=C1CN([S+]([O-])c2ccc(Cl)cn2)C[C@@H]1Oc1cc(F)c(C#N)cc1O. The highest BCUT2D eigenvalue weighted by atomic mass is 35.5. The molecule has 9 heteroatoms. The average Bonchev–Trinajstić information content (AvgIpc) is 2.98. The molecule has 26 heavy (non-hydrogen) atoms. The Morgan fingerprint density at radius 2 is 2.27 bits per heavy atom. The van der Waals surface area contributed by atoms with Gasteiger partial charge in [0.25, 0.3) is 5.03 Å². The number of aromatic hydroxyl groups is 1. The number of nitriles is 1. The third-order valence-corrected chi connectivity index (χ3v) is 5.33. The summed E-state index contributed by atoms with van der Waals surface area (Å²) in [5.74, 6) is -1.26. The zero-order chi connectivity index (χ0) is 18.8. The van der Waals surface area contributed by atoms with Gasteiger partial charge in [0.2, 0.25) is 0 Å². The van der Waals surface area contributed by atoms with Crippen LogP contribution in [0.5, 0.6) is 11.5 Å². The minimum absolute atomic E-state index is 0.107. The third-order valence-electron chi connectivity index (χ3n) is 3.76. The molecule has 0 radical (unpaired) electrons. The molecule has 0 bridgehead atoms. The van der Waals surface area contributed by atoms with E-state index >= 15 is 0 Å². The molecule has 2 aromatic rings. The van der Waals surface area contributed by atoms with Crippen molar-refractivity contribution in [3.05, 3.63) is 59.0 Å². The lowest BCUT2D eigenvalue weighted by Crippen LogP contribution is -2.31. The average molecular weight is 394 g/mol. The number of pyridine rings is 1. The molecule has 0 spiro atoms. The molecule has 1 unspecified atom stereocenters. The van der Waals surface area contributed by atoms with Gasteiger partial charge in [-0.25, -0.2) is 9.37 Å². The number of hydrogen-bond donors (Lipinski definition) is 1. The number of halogens is 2. The van der Waals surface area contributed by atoms with Crippen molar-refractivity contribution in [3.8, 4) is 17.6 Å². The Labute approximate surface area is 157 Å². The van der Waals surface area contributed by atoms with E-state index in [0.717, 1.165) is 12.1 Å². The van der Waals surface area contributed by atoms with Crippen molar-refractivity contribution in [2.45, 2.75) is 11.1 Å². The van der Waals surface area contributed by atoms with Crippen molar-refractivity contribution in [2.24, 2.45) is 0 Å². The molecule has 1 aliphatic heterocycles. The predicted molar refractivity (Wildman–Crippen MR) is 93.6 cm³/mol. The second-order valence-electron chi connectivity index (χ2n) is 5.56. The van der Waals surface area contributed by atoms with Crippen LogP contribution < -0.4 is 4.74 Å². The molecule has 2 atom stereocenters. The molecule has 1 aliphatic rings. The second-order valence-corrected chi connectivity index (χ2v) is 7.43. The maximum Gasteiger partial charge on any atom is 0.265 e. The maximum absolute atomic E-state index is 13.7. The van der Waals surface area contributed by atoms with Crippen molar-refractivity contribution >= 4 is 23.0 Å². The van der Waals surface area contributed by atoms with E-state index in [4.69, 9.17) is 21.6 Å². The van der Waals surface area contributed by atoms with Crippen LogP contribution in [0.25, 0.3) is 0 Å². The van der Waals surface area contributed by atoms with Gasteiger partial charge >= 0.3 is 0 Å². The molecule has 134 valence electrons. The van der Waals surface area contributed by atoms with E-state index < -0.39 is 23.3 Å². The van der Waals surface area contributed by atoms with Crippen LogP contribution in [0.1, 0.15) is 5.56 Å². The summed E-state index contributed by atoms with van der Waals surface area (Å²) in [6.07, 6.45) is 0.815. The van der Waals surface area contributed by atoms with Gasteiger partial charge in [-0.15, -0.1) is 4.31 Å². The van der Waals surface area contributed by atoms with E-state index in [1.807, 2.05) is 0 Å². The number of aromatic nitrogens is 1. The Bertz CT molecular complexity index is 888.